The first-order chi connectivity index (χ1) is 4.74. The Morgan fingerprint density at radius 1 is 1.70 bits per heavy atom. The minimum atomic E-state index is -0.501. The molecule has 2 nitrogen and oxygen atoms in total. The molecule has 0 unspecified atom stereocenters. The van der Waals surface area contributed by atoms with Crippen LogP contribution in [0, 0.1) is 11.9 Å². The van der Waals surface area contributed by atoms with E-state index in [0.29, 0.717) is 5.75 Å². The van der Waals surface area contributed by atoms with Crippen LogP contribution in [0.2, 0.25) is 0 Å². The van der Waals surface area contributed by atoms with Crippen molar-refractivity contribution < 1.29 is 9.13 Å². The van der Waals surface area contributed by atoms with Gasteiger partial charge in [-0.1, -0.05) is 0 Å². The molecular formula is C7H7FNO. The number of ether oxygens (including phenoxy) is 1. The summed E-state index contributed by atoms with van der Waals surface area (Å²) in [5, 5.41) is 0. The Balaban J connectivity index is 3.04. The number of nitrogen functional groups attached to an aromatic ring is 1. The maximum Gasteiger partial charge on any atom is 0.150 e. The largest absolute Gasteiger partial charge is 0.497 e. The predicted octanol–water partition coefficient (Wildman–Crippen LogP) is 1.22. The Morgan fingerprint density at radius 2 is 2.40 bits per heavy atom. The highest BCUT2D eigenvalue weighted by atomic mass is 19.1. The second-order valence-corrected chi connectivity index (χ2v) is 1.80. The molecule has 0 aliphatic carbocycles. The van der Waals surface area contributed by atoms with Crippen LogP contribution in [0.4, 0.5) is 10.1 Å². The fourth-order valence-electron chi connectivity index (χ4n) is 0.580. The van der Waals surface area contributed by atoms with Gasteiger partial charge in [0.1, 0.15) is 11.6 Å². The van der Waals surface area contributed by atoms with E-state index < -0.39 is 5.82 Å². The van der Waals surface area contributed by atoms with Crippen molar-refractivity contribution in [3.8, 4) is 5.75 Å². The van der Waals surface area contributed by atoms with Crippen molar-refractivity contribution >= 4 is 5.69 Å². The van der Waals surface area contributed by atoms with Crippen LogP contribution in [-0.2, 0) is 0 Å². The van der Waals surface area contributed by atoms with Gasteiger partial charge in [-0.25, -0.2) is 4.39 Å². The highest BCUT2D eigenvalue weighted by molar-refractivity contribution is 5.42. The zero-order chi connectivity index (χ0) is 7.56. The van der Waals surface area contributed by atoms with Gasteiger partial charge in [0.2, 0.25) is 0 Å². The molecule has 0 aliphatic heterocycles. The number of hydrogen-bond acceptors (Lipinski definition) is 2. The molecule has 10 heavy (non-hydrogen) atoms. The van der Waals surface area contributed by atoms with Gasteiger partial charge in [0.05, 0.1) is 12.8 Å². The molecule has 1 rings (SSSR count). The number of anilines is 1. The van der Waals surface area contributed by atoms with E-state index in [1.807, 2.05) is 0 Å². The van der Waals surface area contributed by atoms with Gasteiger partial charge in [-0.15, -0.1) is 0 Å². The summed E-state index contributed by atoms with van der Waals surface area (Å²) in [6, 6.07) is 5.20. The molecule has 53 valence electrons. The molecule has 0 spiro atoms. The lowest BCUT2D eigenvalue weighted by Crippen LogP contribution is -1.91. The van der Waals surface area contributed by atoms with Gasteiger partial charge in [0.15, 0.2) is 0 Å². The Kier molecular flexibility index (Phi) is 1.76. The van der Waals surface area contributed by atoms with Crippen LogP contribution in [0.3, 0.4) is 0 Å². The predicted molar refractivity (Wildman–Crippen MR) is 36.2 cm³/mol. The van der Waals surface area contributed by atoms with Gasteiger partial charge in [-0.2, -0.15) is 0 Å². The van der Waals surface area contributed by atoms with Gasteiger partial charge in [0.25, 0.3) is 0 Å². The van der Waals surface area contributed by atoms with Gasteiger partial charge >= 0.3 is 0 Å². The summed E-state index contributed by atoms with van der Waals surface area (Å²) in [4.78, 5) is 0. The quantitative estimate of drug-likeness (QED) is 0.595. The van der Waals surface area contributed by atoms with Crippen molar-refractivity contribution in [2.75, 3.05) is 12.8 Å². The molecule has 1 aromatic rings. The molecule has 0 amide bonds. The zero-order valence-electron chi connectivity index (χ0n) is 5.52. The molecule has 2 N–H and O–H groups in total. The van der Waals surface area contributed by atoms with E-state index in [1.165, 1.54) is 19.2 Å². The molecule has 0 atom stereocenters. The van der Waals surface area contributed by atoms with Crippen LogP contribution < -0.4 is 10.5 Å². The van der Waals surface area contributed by atoms with Crippen LogP contribution in [-0.4, -0.2) is 7.11 Å². The number of hydrogen-bond donors (Lipinski definition) is 1. The first-order valence-corrected chi connectivity index (χ1v) is 2.74. The lowest BCUT2D eigenvalue weighted by Gasteiger charge is -1.99. The van der Waals surface area contributed by atoms with Crippen LogP contribution in [0.15, 0.2) is 12.1 Å². The van der Waals surface area contributed by atoms with Crippen molar-refractivity contribution in [3.63, 3.8) is 0 Å². The first-order valence-electron chi connectivity index (χ1n) is 2.74. The van der Waals surface area contributed by atoms with Crippen LogP contribution in [0.5, 0.6) is 5.75 Å². The maximum atomic E-state index is 12.5. The maximum absolute atomic E-state index is 12.5. The van der Waals surface area contributed by atoms with Crippen LogP contribution in [0.1, 0.15) is 0 Å². The Bertz CT molecular complexity index is 237. The number of nitrogens with two attached hydrogens (primary N) is 1. The number of methoxy groups -OCH3 is 1. The molecule has 0 aliphatic rings. The Labute approximate surface area is 58.4 Å². The molecule has 0 heterocycles. The number of benzene rings is 1. The average Bonchev–Trinajstić information content (AvgIpc) is 1.95. The minimum absolute atomic E-state index is 0.0146. The summed E-state index contributed by atoms with van der Waals surface area (Å²) >= 11 is 0. The van der Waals surface area contributed by atoms with Gasteiger partial charge in [0, 0.05) is 12.1 Å². The summed E-state index contributed by atoms with van der Waals surface area (Å²) in [7, 11) is 1.46. The zero-order valence-corrected chi connectivity index (χ0v) is 5.52. The minimum Gasteiger partial charge on any atom is -0.497 e. The van der Waals surface area contributed by atoms with E-state index in [1.54, 1.807) is 0 Å². The van der Waals surface area contributed by atoms with E-state index in [-0.39, 0.29) is 5.69 Å². The van der Waals surface area contributed by atoms with Gasteiger partial charge < -0.3 is 10.5 Å². The molecule has 0 saturated carbocycles. The van der Waals surface area contributed by atoms with E-state index in [9.17, 15) is 4.39 Å². The van der Waals surface area contributed by atoms with Gasteiger partial charge in [-0.05, 0) is 6.07 Å². The molecule has 0 saturated heterocycles. The van der Waals surface area contributed by atoms with Crippen molar-refractivity contribution in [3.05, 3.63) is 24.0 Å². The van der Waals surface area contributed by atoms with Crippen LogP contribution in [0.25, 0.3) is 0 Å². The monoisotopic (exact) mass is 140 g/mol. The second kappa shape index (κ2) is 2.56. The summed E-state index contributed by atoms with van der Waals surface area (Å²) < 4.78 is 17.3. The van der Waals surface area contributed by atoms with E-state index >= 15 is 0 Å². The van der Waals surface area contributed by atoms with Crippen molar-refractivity contribution in [1.82, 2.24) is 0 Å². The number of halogens is 1. The van der Waals surface area contributed by atoms with E-state index in [0.717, 1.165) is 0 Å². The summed E-state index contributed by atoms with van der Waals surface area (Å²) in [5.41, 5.74) is 5.17. The topological polar surface area (TPSA) is 35.2 Å². The molecule has 3 heteroatoms. The summed E-state index contributed by atoms with van der Waals surface area (Å²) in [6.45, 7) is 0. The van der Waals surface area contributed by atoms with Crippen molar-refractivity contribution in [1.29, 1.82) is 0 Å². The smallest absolute Gasteiger partial charge is 0.150 e. The summed E-state index contributed by atoms with van der Waals surface area (Å²) in [5.74, 6) is -0.0777. The normalized spacial score (nSPS) is 9.40. The third kappa shape index (κ3) is 1.18. The Morgan fingerprint density at radius 3 is 2.90 bits per heavy atom. The highest BCUT2D eigenvalue weighted by Gasteiger charge is 1.98. The van der Waals surface area contributed by atoms with Crippen LogP contribution >= 0.6 is 0 Å². The van der Waals surface area contributed by atoms with E-state index in [2.05, 4.69) is 6.07 Å². The number of rotatable bonds is 1. The third-order valence-corrected chi connectivity index (χ3v) is 1.13. The fourth-order valence-corrected chi connectivity index (χ4v) is 0.580. The second-order valence-electron chi connectivity index (χ2n) is 1.80. The SMILES string of the molecule is COc1c[c]c(N)c(F)c1. The third-order valence-electron chi connectivity index (χ3n) is 1.13. The molecule has 0 fully saturated rings. The lowest BCUT2D eigenvalue weighted by molar-refractivity contribution is 0.411. The molecule has 1 aromatic carbocycles. The molecular weight excluding hydrogens is 133 g/mol. The summed E-state index contributed by atoms with van der Waals surface area (Å²) in [6.07, 6.45) is 0. The first kappa shape index (κ1) is 6.86. The van der Waals surface area contributed by atoms with Gasteiger partial charge in [-0.3, -0.25) is 0 Å². The van der Waals surface area contributed by atoms with Crippen molar-refractivity contribution in [2.45, 2.75) is 0 Å². The van der Waals surface area contributed by atoms with E-state index in [4.69, 9.17) is 10.5 Å². The molecule has 0 aromatic heterocycles. The lowest BCUT2D eigenvalue weighted by atomic mass is 10.3. The highest BCUT2D eigenvalue weighted by Crippen LogP contribution is 2.16. The standard InChI is InChI=1S/C7H7FNO/c1-10-5-2-3-7(9)6(8)4-5/h2,4H,9H2,1H3. The molecule has 0 bridgehead atoms. The fraction of sp³-hybridized carbons (Fsp3) is 0.143. The average molecular weight is 140 g/mol. The Hall–Kier alpha value is -1.25. The van der Waals surface area contributed by atoms with Crippen molar-refractivity contribution in [2.24, 2.45) is 0 Å². The molecule has 1 radical (unpaired) electrons.